The van der Waals surface area contributed by atoms with Crippen molar-refractivity contribution in [2.45, 2.75) is 0 Å². The maximum absolute atomic E-state index is 10.8. The highest BCUT2D eigenvalue weighted by atomic mass is 127. The number of ether oxygens (including phenoxy) is 1. The predicted octanol–water partition coefficient (Wildman–Crippen LogP) is -2.30. The summed E-state index contributed by atoms with van der Waals surface area (Å²) in [6.07, 6.45) is 6.95. The van der Waals surface area contributed by atoms with Crippen LogP contribution in [0.25, 0.3) is 6.08 Å². The molecule has 0 fully saturated rings. The number of nitrogens with zero attached hydrogens (tertiary/aromatic N) is 1. The lowest BCUT2D eigenvalue weighted by Gasteiger charge is -1.91. The number of rotatable bonds is 2. The molecule has 0 aliphatic heterocycles. The van der Waals surface area contributed by atoms with E-state index >= 15 is 0 Å². The Morgan fingerprint density at radius 3 is 2.86 bits per heavy atom. The second-order valence-electron chi connectivity index (χ2n) is 2.66. The molecule has 0 amide bonds. The highest BCUT2D eigenvalue weighted by Crippen LogP contribution is 1.97. The molecule has 0 aromatic carbocycles. The number of methoxy groups -OCH3 is 1. The van der Waals surface area contributed by atoms with Crippen molar-refractivity contribution in [3.63, 3.8) is 0 Å². The topological polar surface area (TPSA) is 30.2 Å². The average Bonchev–Trinajstić information content (AvgIpc) is 2.14. The van der Waals surface area contributed by atoms with Crippen LogP contribution in [0.4, 0.5) is 0 Å². The van der Waals surface area contributed by atoms with Gasteiger partial charge < -0.3 is 28.7 Å². The van der Waals surface area contributed by atoms with Gasteiger partial charge in [0.25, 0.3) is 0 Å². The summed E-state index contributed by atoms with van der Waals surface area (Å²) in [4.78, 5) is 10.8. The zero-order valence-corrected chi connectivity index (χ0v) is 10.3. The van der Waals surface area contributed by atoms with E-state index in [1.807, 2.05) is 36.1 Å². The molecule has 0 unspecified atom stereocenters. The van der Waals surface area contributed by atoms with Gasteiger partial charge in [-0.3, -0.25) is 0 Å². The second-order valence-corrected chi connectivity index (χ2v) is 2.66. The Morgan fingerprint density at radius 2 is 2.29 bits per heavy atom. The molecule has 0 spiro atoms. The Kier molecular flexibility index (Phi) is 6.11. The van der Waals surface area contributed by atoms with Crippen LogP contribution in [0.5, 0.6) is 0 Å². The van der Waals surface area contributed by atoms with Crippen molar-refractivity contribution in [1.82, 2.24) is 0 Å². The Morgan fingerprint density at radius 1 is 1.57 bits per heavy atom. The number of carbonyl (C=O) groups excluding carboxylic acids is 1. The zero-order chi connectivity index (χ0) is 9.68. The van der Waals surface area contributed by atoms with E-state index in [9.17, 15) is 4.79 Å². The van der Waals surface area contributed by atoms with Crippen molar-refractivity contribution in [3.8, 4) is 0 Å². The molecule has 0 atom stereocenters. The minimum absolute atomic E-state index is 0. The van der Waals surface area contributed by atoms with Crippen molar-refractivity contribution < 1.29 is 38.1 Å². The minimum Gasteiger partial charge on any atom is -1.00 e. The lowest BCUT2D eigenvalue weighted by atomic mass is 10.2. The molecular weight excluding hydrogens is 293 g/mol. The Balaban J connectivity index is 0.00000169. The fourth-order valence-electron chi connectivity index (χ4n) is 0.942. The molecule has 0 radical (unpaired) electrons. The van der Waals surface area contributed by atoms with Crippen LogP contribution in [0.3, 0.4) is 0 Å². The molecule has 0 aliphatic carbocycles. The standard InChI is InChI=1S/C10H12NO2.HI/c1-11-7-3-4-9(8-11)5-6-10(12)13-2;/h3-8H,1-2H3;1H/q+1;/p-1. The highest BCUT2D eigenvalue weighted by molar-refractivity contribution is 5.86. The van der Waals surface area contributed by atoms with E-state index in [2.05, 4.69) is 4.74 Å². The fourth-order valence-corrected chi connectivity index (χ4v) is 0.942. The van der Waals surface area contributed by atoms with E-state index in [-0.39, 0.29) is 29.9 Å². The van der Waals surface area contributed by atoms with Crippen molar-refractivity contribution in [3.05, 3.63) is 36.2 Å². The van der Waals surface area contributed by atoms with E-state index in [1.54, 1.807) is 6.08 Å². The molecule has 0 bridgehead atoms. The van der Waals surface area contributed by atoms with Gasteiger partial charge in [0.05, 0.1) is 7.11 Å². The summed E-state index contributed by atoms with van der Waals surface area (Å²) in [5.74, 6) is -0.341. The molecule has 1 rings (SSSR count). The molecule has 1 heterocycles. The third-order valence-electron chi connectivity index (χ3n) is 1.58. The Hall–Kier alpha value is -0.910. The third-order valence-corrected chi connectivity index (χ3v) is 1.58. The third kappa shape index (κ3) is 4.36. The first-order valence-corrected chi connectivity index (χ1v) is 3.93. The minimum atomic E-state index is -0.341. The van der Waals surface area contributed by atoms with Gasteiger partial charge in [0.1, 0.15) is 7.05 Å². The molecule has 1 aromatic heterocycles. The zero-order valence-electron chi connectivity index (χ0n) is 8.11. The van der Waals surface area contributed by atoms with E-state index in [4.69, 9.17) is 0 Å². The van der Waals surface area contributed by atoms with Crippen LogP contribution in [-0.2, 0) is 16.6 Å². The summed E-state index contributed by atoms with van der Waals surface area (Å²) >= 11 is 0. The van der Waals surface area contributed by atoms with E-state index in [1.165, 1.54) is 13.2 Å². The first-order valence-electron chi connectivity index (χ1n) is 3.93. The largest absolute Gasteiger partial charge is 1.00 e. The number of esters is 1. The SMILES string of the molecule is COC(=O)C=Cc1ccc[n+](C)c1.[I-]. The normalized spacial score (nSPS) is 9.57. The second kappa shape index (κ2) is 6.53. The molecule has 1 aromatic rings. The number of halogens is 1. The van der Waals surface area contributed by atoms with Crippen LogP contribution < -0.4 is 28.5 Å². The van der Waals surface area contributed by atoms with Gasteiger partial charge in [-0.25, -0.2) is 9.36 Å². The molecular formula is C10H12INO2. The van der Waals surface area contributed by atoms with Crippen LogP contribution in [0.2, 0.25) is 0 Å². The smallest absolute Gasteiger partial charge is 0.330 e. The molecule has 3 nitrogen and oxygen atoms in total. The maximum atomic E-state index is 10.8. The number of aryl methyl sites for hydroxylation is 1. The van der Waals surface area contributed by atoms with Crippen LogP contribution in [0, 0.1) is 0 Å². The summed E-state index contributed by atoms with van der Waals surface area (Å²) in [6, 6.07) is 3.83. The fraction of sp³-hybridized carbons (Fsp3) is 0.200. The average molecular weight is 305 g/mol. The first-order chi connectivity index (χ1) is 6.22. The van der Waals surface area contributed by atoms with Crippen molar-refractivity contribution in [2.24, 2.45) is 7.05 Å². The quantitative estimate of drug-likeness (QED) is 0.266. The number of aromatic nitrogens is 1. The molecule has 0 aliphatic rings. The van der Waals surface area contributed by atoms with Crippen molar-refractivity contribution in [2.75, 3.05) is 7.11 Å². The monoisotopic (exact) mass is 305 g/mol. The van der Waals surface area contributed by atoms with Gasteiger partial charge in [-0.15, -0.1) is 0 Å². The predicted molar refractivity (Wildman–Crippen MR) is 48.7 cm³/mol. The Bertz CT molecular complexity index is 337. The van der Waals surface area contributed by atoms with Gasteiger partial charge in [-0.05, 0) is 12.1 Å². The van der Waals surface area contributed by atoms with Crippen LogP contribution in [-0.4, -0.2) is 13.1 Å². The summed E-state index contributed by atoms with van der Waals surface area (Å²) in [5, 5.41) is 0. The van der Waals surface area contributed by atoms with Gasteiger partial charge in [-0.1, -0.05) is 0 Å². The van der Waals surface area contributed by atoms with Crippen LogP contribution >= 0.6 is 0 Å². The summed E-state index contributed by atoms with van der Waals surface area (Å²) in [6.45, 7) is 0. The molecule has 14 heavy (non-hydrogen) atoms. The molecule has 76 valence electrons. The maximum Gasteiger partial charge on any atom is 0.330 e. The number of hydrogen-bond acceptors (Lipinski definition) is 2. The van der Waals surface area contributed by atoms with E-state index in [0.29, 0.717) is 0 Å². The summed E-state index contributed by atoms with van der Waals surface area (Å²) in [7, 11) is 3.28. The Labute approximate surface area is 100 Å². The van der Waals surface area contributed by atoms with E-state index in [0.717, 1.165) is 5.56 Å². The molecule has 0 saturated heterocycles. The van der Waals surface area contributed by atoms with Crippen molar-refractivity contribution >= 4 is 12.0 Å². The lowest BCUT2D eigenvalue weighted by molar-refractivity contribution is -0.671. The molecule has 4 heteroatoms. The van der Waals surface area contributed by atoms with Crippen LogP contribution in [0.15, 0.2) is 30.6 Å². The van der Waals surface area contributed by atoms with Gasteiger partial charge in [0.2, 0.25) is 0 Å². The van der Waals surface area contributed by atoms with Gasteiger partial charge in [-0.2, -0.15) is 0 Å². The first kappa shape index (κ1) is 13.1. The number of hydrogen-bond donors (Lipinski definition) is 0. The van der Waals surface area contributed by atoms with Crippen molar-refractivity contribution in [1.29, 1.82) is 0 Å². The van der Waals surface area contributed by atoms with Crippen LogP contribution in [0.1, 0.15) is 5.56 Å². The van der Waals surface area contributed by atoms with Gasteiger partial charge >= 0.3 is 5.97 Å². The van der Waals surface area contributed by atoms with E-state index < -0.39 is 0 Å². The molecule has 0 N–H and O–H groups in total. The highest BCUT2D eigenvalue weighted by Gasteiger charge is 1.95. The lowest BCUT2D eigenvalue weighted by Crippen LogP contribution is -3.00. The number of pyridine rings is 1. The van der Waals surface area contributed by atoms with Gasteiger partial charge in [0.15, 0.2) is 12.4 Å². The molecule has 0 saturated carbocycles. The summed E-state index contributed by atoms with van der Waals surface area (Å²) in [5.41, 5.74) is 0.968. The van der Waals surface area contributed by atoms with Gasteiger partial charge in [0, 0.05) is 17.7 Å². The number of carbonyl (C=O) groups is 1. The summed E-state index contributed by atoms with van der Waals surface area (Å²) < 4.78 is 6.38.